The molecule has 0 saturated carbocycles. The molecule has 0 fully saturated rings. The van der Waals surface area contributed by atoms with E-state index in [0.717, 1.165) is 17.7 Å². The Hall–Kier alpha value is -1.25. The number of hydrogen-bond donors (Lipinski definition) is 0. The quantitative estimate of drug-likeness (QED) is 0.559. The van der Waals surface area contributed by atoms with E-state index in [9.17, 15) is 13.2 Å². The minimum Gasteiger partial charge on any atom is -0.166 e. The summed E-state index contributed by atoms with van der Waals surface area (Å²) in [5.74, 6) is 0. The number of halogens is 3. The molecule has 0 aliphatic rings. The van der Waals surface area contributed by atoms with Crippen LogP contribution in [0.2, 0.25) is 0 Å². The van der Waals surface area contributed by atoms with E-state index in [1.807, 2.05) is 6.92 Å². The van der Waals surface area contributed by atoms with Gasteiger partial charge in [-0.1, -0.05) is 12.1 Å². The first kappa shape index (κ1) is 13.8. The van der Waals surface area contributed by atoms with Crippen LogP contribution in [0.5, 0.6) is 0 Å². The highest BCUT2D eigenvalue weighted by Gasteiger charge is 2.30. The summed E-state index contributed by atoms with van der Waals surface area (Å²) in [6.45, 7) is 8.71. The second kappa shape index (κ2) is 5.59. The molecule has 0 aliphatic heterocycles. The third-order valence-corrected chi connectivity index (χ3v) is 1.83. The van der Waals surface area contributed by atoms with Crippen molar-refractivity contribution in [2.75, 3.05) is 0 Å². The summed E-state index contributed by atoms with van der Waals surface area (Å²) in [5, 5.41) is 0. The molecule has 0 heterocycles. The van der Waals surface area contributed by atoms with Gasteiger partial charge in [-0.2, -0.15) is 13.2 Å². The van der Waals surface area contributed by atoms with Gasteiger partial charge in [0.05, 0.1) is 5.56 Å². The molecule has 0 atom stereocenters. The molecule has 3 heteroatoms. The van der Waals surface area contributed by atoms with Gasteiger partial charge in [0.15, 0.2) is 0 Å². The largest absolute Gasteiger partial charge is 0.416 e. The lowest BCUT2D eigenvalue weighted by Gasteiger charge is -2.08. The van der Waals surface area contributed by atoms with Gasteiger partial charge in [0.2, 0.25) is 0 Å². The zero-order valence-corrected chi connectivity index (χ0v) is 9.15. The van der Waals surface area contributed by atoms with Gasteiger partial charge in [0.25, 0.3) is 0 Å². The van der Waals surface area contributed by atoms with Gasteiger partial charge < -0.3 is 0 Å². The van der Waals surface area contributed by atoms with Crippen LogP contribution in [0.15, 0.2) is 30.9 Å². The summed E-state index contributed by atoms with van der Waals surface area (Å²) >= 11 is 0. The van der Waals surface area contributed by atoms with E-state index in [4.69, 9.17) is 0 Å². The van der Waals surface area contributed by atoms with E-state index in [-0.39, 0.29) is 0 Å². The first-order valence-electron chi connectivity index (χ1n) is 4.54. The van der Waals surface area contributed by atoms with E-state index in [1.165, 1.54) is 6.07 Å². The molecular formula is C12H15F3. The number of alkyl halides is 3. The first-order chi connectivity index (χ1) is 6.82. The SMILES string of the molecule is C=CC.Cc1ccc(C(F)(F)F)cc1C. The summed E-state index contributed by atoms with van der Waals surface area (Å²) in [5.41, 5.74) is 0.971. The average molecular weight is 216 g/mol. The minimum atomic E-state index is -4.22. The average Bonchev–Trinajstić information content (AvgIpc) is 2.09. The molecule has 0 nitrogen and oxygen atoms in total. The zero-order chi connectivity index (χ0) is 12.1. The highest BCUT2D eigenvalue weighted by molar-refractivity contribution is 5.31. The predicted octanol–water partition coefficient (Wildman–Crippen LogP) is 4.51. The molecule has 0 unspecified atom stereocenters. The van der Waals surface area contributed by atoms with E-state index in [1.54, 1.807) is 19.9 Å². The Morgan fingerprint density at radius 2 is 1.60 bits per heavy atom. The van der Waals surface area contributed by atoms with Gasteiger partial charge in [0, 0.05) is 0 Å². The molecule has 0 spiro atoms. The molecule has 1 rings (SSSR count). The summed E-state index contributed by atoms with van der Waals surface area (Å²) in [4.78, 5) is 0. The lowest BCUT2D eigenvalue weighted by Crippen LogP contribution is -2.05. The molecule has 0 saturated heterocycles. The highest BCUT2D eigenvalue weighted by atomic mass is 19.4. The van der Waals surface area contributed by atoms with Crippen molar-refractivity contribution in [1.82, 2.24) is 0 Å². The molecule has 0 N–H and O–H groups in total. The number of benzene rings is 1. The normalized spacial score (nSPS) is 10.3. The van der Waals surface area contributed by atoms with Crippen molar-refractivity contribution in [2.45, 2.75) is 26.9 Å². The second-order valence-corrected chi connectivity index (χ2v) is 3.21. The number of hydrogen-bond acceptors (Lipinski definition) is 0. The lowest BCUT2D eigenvalue weighted by molar-refractivity contribution is -0.137. The van der Waals surface area contributed by atoms with Crippen molar-refractivity contribution in [3.8, 4) is 0 Å². The molecule has 0 radical (unpaired) electrons. The van der Waals surface area contributed by atoms with Crippen molar-refractivity contribution in [1.29, 1.82) is 0 Å². The van der Waals surface area contributed by atoms with Crippen LogP contribution in [0, 0.1) is 13.8 Å². The standard InChI is InChI=1S/C9H9F3.C3H6/c1-6-3-4-8(5-7(6)2)9(10,11)12;1-3-2/h3-5H,1-2H3;3H,1H2,2H3. The fraction of sp³-hybridized carbons (Fsp3) is 0.333. The maximum absolute atomic E-state index is 12.1. The Morgan fingerprint density at radius 3 is 1.93 bits per heavy atom. The van der Waals surface area contributed by atoms with Gasteiger partial charge in [-0.3, -0.25) is 0 Å². The van der Waals surface area contributed by atoms with Crippen LogP contribution in [-0.4, -0.2) is 0 Å². The molecular weight excluding hydrogens is 201 g/mol. The van der Waals surface area contributed by atoms with Crippen molar-refractivity contribution in [3.63, 3.8) is 0 Å². The molecule has 1 aromatic rings. The van der Waals surface area contributed by atoms with Crippen LogP contribution in [0.3, 0.4) is 0 Å². The zero-order valence-electron chi connectivity index (χ0n) is 9.15. The van der Waals surface area contributed by atoms with Crippen molar-refractivity contribution >= 4 is 0 Å². The van der Waals surface area contributed by atoms with Crippen LogP contribution in [0.1, 0.15) is 23.6 Å². The third kappa shape index (κ3) is 4.68. The van der Waals surface area contributed by atoms with Gasteiger partial charge in [-0.05, 0) is 44.0 Å². The lowest BCUT2D eigenvalue weighted by atomic mass is 10.1. The smallest absolute Gasteiger partial charge is 0.166 e. The summed E-state index contributed by atoms with van der Waals surface area (Å²) in [6, 6.07) is 3.75. The van der Waals surface area contributed by atoms with E-state index in [0.29, 0.717) is 5.56 Å². The second-order valence-electron chi connectivity index (χ2n) is 3.21. The Kier molecular flexibility index (Phi) is 5.12. The van der Waals surface area contributed by atoms with Gasteiger partial charge in [0.1, 0.15) is 0 Å². The molecule has 0 aromatic heterocycles. The molecule has 0 bridgehead atoms. The monoisotopic (exact) mass is 216 g/mol. The summed E-state index contributed by atoms with van der Waals surface area (Å²) < 4.78 is 36.3. The Bertz CT molecular complexity index is 324. The maximum atomic E-state index is 12.1. The minimum absolute atomic E-state index is 0.578. The predicted molar refractivity (Wildman–Crippen MR) is 56.8 cm³/mol. The van der Waals surface area contributed by atoms with Crippen molar-refractivity contribution in [2.24, 2.45) is 0 Å². The van der Waals surface area contributed by atoms with Crippen LogP contribution in [-0.2, 0) is 6.18 Å². The van der Waals surface area contributed by atoms with Crippen LogP contribution in [0.4, 0.5) is 13.2 Å². The van der Waals surface area contributed by atoms with E-state index in [2.05, 4.69) is 6.58 Å². The van der Waals surface area contributed by atoms with E-state index < -0.39 is 11.7 Å². The summed E-state index contributed by atoms with van der Waals surface area (Å²) in [7, 11) is 0. The third-order valence-electron chi connectivity index (χ3n) is 1.83. The molecule has 15 heavy (non-hydrogen) atoms. The molecule has 0 aliphatic carbocycles. The van der Waals surface area contributed by atoms with Gasteiger partial charge in [-0.25, -0.2) is 0 Å². The van der Waals surface area contributed by atoms with Gasteiger partial charge >= 0.3 is 6.18 Å². The van der Waals surface area contributed by atoms with Crippen molar-refractivity contribution < 1.29 is 13.2 Å². The molecule has 84 valence electrons. The Labute approximate surface area is 88.4 Å². The first-order valence-corrected chi connectivity index (χ1v) is 4.54. The Balaban J connectivity index is 0.000000583. The number of aryl methyl sites for hydroxylation is 2. The fourth-order valence-corrected chi connectivity index (χ4v) is 0.918. The van der Waals surface area contributed by atoms with Crippen molar-refractivity contribution in [3.05, 3.63) is 47.5 Å². The number of allylic oxidation sites excluding steroid dienone is 1. The molecule has 1 aromatic carbocycles. The Morgan fingerprint density at radius 1 is 1.13 bits per heavy atom. The number of rotatable bonds is 0. The fourth-order valence-electron chi connectivity index (χ4n) is 0.918. The topological polar surface area (TPSA) is 0 Å². The van der Waals surface area contributed by atoms with Crippen LogP contribution < -0.4 is 0 Å². The molecule has 0 amide bonds. The summed E-state index contributed by atoms with van der Waals surface area (Å²) in [6.07, 6.45) is -2.47. The highest BCUT2D eigenvalue weighted by Crippen LogP contribution is 2.30. The van der Waals surface area contributed by atoms with Gasteiger partial charge in [-0.15, -0.1) is 6.58 Å². The van der Waals surface area contributed by atoms with Crippen LogP contribution in [0.25, 0.3) is 0 Å². The van der Waals surface area contributed by atoms with E-state index >= 15 is 0 Å². The maximum Gasteiger partial charge on any atom is 0.416 e. The van der Waals surface area contributed by atoms with Crippen LogP contribution >= 0.6 is 0 Å².